The zero-order chi connectivity index (χ0) is 17.2. The van der Waals surface area contributed by atoms with Gasteiger partial charge < -0.3 is 15.4 Å². The highest BCUT2D eigenvalue weighted by Gasteiger charge is 2.35. The molecule has 2 aliphatic heterocycles. The number of benzene rings is 1. The van der Waals surface area contributed by atoms with Crippen LogP contribution < -0.4 is 10.6 Å². The van der Waals surface area contributed by atoms with Crippen LogP contribution in [-0.2, 0) is 4.74 Å². The van der Waals surface area contributed by atoms with Gasteiger partial charge in [0.2, 0.25) is 0 Å². The van der Waals surface area contributed by atoms with E-state index in [1.54, 1.807) is 6.20 Å². The smallest absolute Gasteiger partial charge is 0.319 e. The van der Waals surface area contributed by atoms with E-state index in [9.17, 15) is 4.79 Å². The third kappa shape index (κ3) is 3.32. The molecular formula is C19H24N4O2. The minimum atomic E-state index is -0.186. The molecule has 25 heavy (non-hydrogen) atoms. The molecule has 0 saturated carbocycles. The minimum absolute atomic E-state index is 0.0351. The van der Waals surface area contributed by atoms with Gasteiger partial charge in [-0.2, -0.15) is 0 Å². The second-order valence-corrected chi connectivity index (χ2v) is 6.88. The van der Waals surface area contributed by atoms with Crippen LogP contribution in [0.15, 0.2) is 30.5 Å². The Morgan fingerprint density at radius 2 is 2.08 bits per heavy atom. The highest BCUT2D eigenvalue weighted by molar-refractivity contribution is 6.01. The zero-order valence-corrected chi connectivity index (χ0v) is 14.5. The van der Waals surface area contributed by atoms with Crippen LogP contribution in [-0.4, -0.2) is 54.3 Å². The summed E-state index contributed by atoms with van der Waals surface area (Å²) >= 11 is 0. The molecule has 1 aromatic carbocycles. The molecule has 132 valence electrons. The Labute approximate surface area is 147 Å². The van der Waals surface area contributed by atoms with Gasteiger partial charge in [0.15, 0.2) is 0 Å². The molecule has 2 aromatic rings. The normalized spacial score (nSPS) is 23.9. The van der Waals surface area contributed by atoms with Crippen LogP contribution >= 0.6 is 0 Å². The van der Waals surface area contributed by atoms with E-state index in [4.69, 9.17) is 4.74 Å². The quantitative estimate of drug-likeness (QED) is 0.901. The second kappa shape index (κ2) is 6.98. The van der Waals surface area contributed by atoms with Crippen LogP contribution in [0, 0.1) is 6.92 Å². The van der Waals surface area contributed by atoms with Crippen molar-refractivity contribution in [2.45, 2.75) is 31.8 Å². The van der Waals surface area contributed by atoms with Gasteiger partial charge in [-0.05, 0) is 56.6 Å². The Morgan fingerprint density at radius 1 is 1.24 bits per heavy atom. The number of fused-ring (bicyclic) bond motifs is 1. The Morgan fingerprint density at radius 3 is 2.92 bits per heavy atom. The van der Waals surface area contributed by atoms with Gasteiger partial charge >= 0.3 is 6.03 Å². The number of anilines is 1. The molecule has 0 unspecified atom stereocenters. The van der Waals surface area contributed by atoms with Crippen LogP contribution in [0.2, 0.25) is 0 Å². The van der Waals surface area contributed by atoms with Gasteiger partial charge in [0, 0.05) is 11.6 Å². The number of nitrogens with zero attached hydrogens (tertiary/aromatic N) is 2. The molecule has 3 heterocycles. The summed E-state index contributed by atoms with van der Waals surface area (Å²) in [6.07, 6.45) is 4.24. The fourth-order valence-corrected chi connectivity index (χ4v) is 3.86. The van der Waals surface area contributed by atoms with Crippen molar-refractivity contribution in [1.82, 2.24) is 15.2 Å². The lowest BCUT2D eigenvalue weighted by Crippen LogP contribution is -2.51. The number of aromatic nitrogens is 1. The summed E-state index contributed by atoms with van der Waals surface area (Å²) in [4.78, 5) is 19.4. The summed E-state index contributed by atoms with van der Waals surface area (Å²) in [6.45, 7) is 5.49. The summed E-state index contributed by atoms with van der Waals surface area (Å²) in [7, 11) is 0. The number of amides is 2. The van der Waals surface area contributed by atoms with Gasteiger partial charge in [0.05, 0.1) is 36.5 Å². The molecule has 6 nitrogen and oxygen atoms in total. The van der Waals surface area contributed by atoms with Crippen LogP contribution in [0.4, 0.5) is 10.5 Å². The van der Waals surface area contributed by atoms with Crippen molar-refractivity contribution < 1.29 is 9.53 Å². The molecule has 0 aliphatic carbocycles. The van der Waals surface area contributed by atoms with E-state index in [2.05, 4.69) is 20.5 Å². The maximum Gasteiger partial charge on any atom is 0.319 e. The van der Waals surface area contributed by atoms with E-state index < -0.39 is 0 Å². The molecule has 2 atom stereocenters. The average Bonchev–Trinajstić information content (AvgIpc) is 3.29. The number of rotatable bonds is 3. The number of urea groups is 1. The number of aryl methyl sites for hydroxylation is 1. The van der Waals surface area contributed by atoms with Crippen LogP contribution in [0.25, 0.3) is 10.9 Å². The molecule has 6 heteroatoms. The molecule has 0 bridgehead atoms. The second-order valence-electron chi connectivity index (χ2n) is 6.88. The largest absolute Gasteiger partial charge is 0.378 e. The number of hydrogen-bond donors (Lipinski definition) is 2. The number of carbonyl (C=O) groups is 1. The van der Waals surface area contributed by atoms with E-state index >= 15 is 0 Å². The van der Waals surface area contributed by atoms with Gasteiger partial charge in [-0.15, -0.1) is 0 Å². The van der Waals surface area contributed by atoms with Gasteiger partial charge in [-0.3, -0.25) is 9.88 Å². The Balaban J connectivity index is 1.46. The van der Waals surface area contributed by atoms with Crippen molar-refractivity contribution >= 4 is 22.6 Å². The van der Waals surface area contributed by atoms with Gasteiger partial charge in [-0.1, -0.05) is 6.07 Å². The predicted molar refractivity (Wildman–Crippen MR) is 97.8 cm³/mol. The van der Waals surface area contributed by atoms with Gasteiger partial charge in [-0.25, -0.2) is 4.79 Å². The number of ether oxygens (including phenoxy) is 1. The minimum Gasteiger partial charge on any atom is -0.378 e. The molecule has 2 fully saturated rings. The van der Waals surface area contributed by atoms with E-state index in [-0.39, 0.29) is 18.1 Å². The van der Waals surface area contributed by atoms with E-state index in [1.807, 2.05) is 31.2 Å². The third-order valence-corrected chi connectivity index (χ3v) is 5.20. The summed E-state index contributed by atoms with van der Waals surface area (Å²) in [6, 6.07) is 7.92. The summed E-state index contributed by atoms with van der Waals surface area (Å²) in [5, 5.41) is 7.04. The number of pyridine rings is 1. The lowest BCUT2D eigenvalue weighted by atomic mass is 10.1. The summed E-state index contributed by atoms with van der Waals surface area (Å²) in [5.41, 5.74) is 2.79. The Bertz CT molecular complexity index is 773. The van der Waals surface area contributed by atoms with Crippen molar-refractivity contribution in [1.29, 1.82) is 0 Å². The number of nitrogens with one attached hydrogen (secondary N) is 2. The maximum absolute atomic E-state index is 12.5. The fraction of sp³-hybridized carbons (Fsp3) is 0.474. The molecular weight excluding hydrogens is 316 g/mol. The average molecular weight is 340 g/mol. The van der Waals surface area contributed by atoms with Gasteiger partial charge in [0.1, 0.15) is 0 Å². The topological polar surface area (TPSA) is 66.5 Å². The first-order valence-electron chi connectivity index (χ1n) is 8.96. The first-order chi connectivity index (χ1) is 12.2. The van der Waals surface area contributed by atoms with Crippen molar-refractivity contribution in [2.24, 2.45) is 0 Å². The van der Waals surface area contributed by atoms with Crippen LogP contribution in [0.1, 0.15) is 18.4 Å². The maximum atomic E-state index is 12.5. The van der Waals surface area contributed by atoms with Crippen molar-refractivity contribution in [3.8, 4) is 0 Å². The number of carbonyl (C=O) groups excluding carboxylic acids is 1. The zero-order valence-electron chi connectivity index (χ0n) is 14.5. The molecule has 2 aliphatic rings. The van der Waals surface area contributed by atoms with Crippen molar-refractivity contribution in [3.05, 3.63) is 36.0 Å². The first kappa shape index (κ1) is 16.3. The van der Waals surface area contributed by atoms with E-state index in [1.165, 1.54) is 12.8 Å². The fourth-order valence-electron chi connectivity index (χ4n) is 3.86. The standard InChI is InChI=1S/C19H24N4O2/c1-13-6-7-15(14-5-4-8-20-18(13)14)21-19(24)22-16-11-25-12-17(16)23-9-2-3-10-23/h4-8,16-17H,2-3,9-12H2,1H3,(H2,21,22,24)/t16-,17-/m0/s1. The van der Waals surface area contributed by atoms with Gasteiger partial charge in [0.25, 0.3) is 0 Å². The molecule has 2 saturated heterocycles. The predicted octanol–water partition coefficient (Wildman–Crippen LogP) is 2.53. The van der Waals surface area contributed by atoms with E-state index in [0.29, 0.717) is 13.2 Å². The molecule has 4 rings (SSSR count). The lowest BCUT2D eigenvalue weighted by molar-refractivity contribution is 0.159. The third-order valence-electron chi connectivity index (χ3n) is 5.20. The van der Waals surface area contributed by atoms with E-state index in [0.717, 1.165) is 35.2 Å². The summed E-state index contributed by atoms with van der Waals surface area (Å²) in [5.74, 6) is 0. The Kier molecular flexibility index (Phi) is 4.55. The van der Waals surface area contributed by atoms with Crippen LogP contribution in [0.3, 0.4) is 0 Å². The highest BCUT2D eigenvalue weighted by atomic mass is 16.5. The molecule has 0 spiro atoms. The number of hydrogen-bond acceptors (Lipinski definition) is 4. The number of likely N-dealkylation sites (tertiary alicyclic amines) is 1. The SMILES string of the molecule is Cc1ccc(NC(=O)N[C@H]2COC[C@@H]2N2CCCC2)c2cccnc12. The molecule has 1 aromatic heterocycles. The van der Waals surface area contributed by atoms with Crippen molar-refractivity contribution in [2.75, 3.05) is 31.6 Å². The first-order valence-corrected chi connectivity index (χ1v) is 8.96. The lowest BCUT2D eigenvalue weighted by Gasteiger charge is -2.28. The van der Waals surface area contributed by atoms with Crippen molar-refractivity contribution in [3.63, 3.8) is 0 Å². The molecule has 2 N–H and O–H groups in total. The Hall–Kier alpha value is -2.18. The highest BCUT2D eigenvalue weighted by Crippen LogP contribution is 2.25. The molecule has 2 amide bonds. The summed E-state index contributed by atoms with van der Waals surface area (Å²) < 4.78 is 5.63. The molecule has 0 radical (unpaired) electrons. The van der Waals surface area contributed by atoms with Crippen LogP contribution in [0.5, 0.6) is 0 Å². The monoisotopic (exact) mass is 340 g/mol.